The molecule has 9 heteroatoms. The predicted octanol–water partition coefficient (Wildman–Crippen LogP) is 1.95. The maximum atomic E-state index is 10.5. The summed E-state index contributed by atoms with van der Waals surface area (Å²) < 4.78 is 6.84. The second-order valence-electron chi connectivity index (χ2n) is 3.63. The average Bonchev–Trinajstić information content (AvgIpc) is 3.09. The van der Waals surface area contributed by atoms with Gasteiger partial charge in [0.15, 0.2) is 0 Å². The van der Waals surface area contributed by atoms with Crippen LogP contribution in [0.3, 0.4) is 0 Å². The van der Waals surface area contributed by atoms with Gasteiger partial charge in [0, 0.05) is 0 Å². The monoisotopic (exact) mass is 277 g/mol. The highest BCUT2D eigenvalue weighted by Crippen LogP contribution is 2.23. The molecule has 0 aliphatic heterocycles. The van der Waals surface area contributed by atoms with E-state index in [1.807, 2.05) is 17.5 Å². The molecule has 0 amide bonds. The topological polar surface area (TPSA) is 99.9 Å². The van der Waals surface area contributed by atoms with Gasteiger partial charge in [0.05, 0.1) is 9.80 Å². The molecule has 3 rings (SSSR count). The summed E-state index contributed by atoms with van der Waals surface area (Å²) in [5.74, 6) is 0.785. The van der Waals surface area contributed by atoms with E-state index in [1.54, 1.807) is 0 Å². The fraction of sp³-hybridized carbons (Fsp3) is 0.100. The Morgan fingerprint density at radius 2 is 2.37 bits per heavy atom. The third kappa shape index (κ3) is 2.36. The summed E-state index contributed by atoms with van der Waals surface area (Å²) in [7, 11) is 0. The van der Waals surface area contributed by atoms with Gasteiger partial charge in [-0.15, -0.1) is 21.5 Å². The number of hydrogen-bond donors (Lipinski definition) is 0. The third-order valence-corrected chi connectivity index (χ3v) is 3.18. The van der Waals surface area contributed by atoms with Crippen LogP contribution < -0.4 is 0 Å². The van der Waals surface area contributed by atoms with Crippen LogP contribution in [0.25, 0.3) is 10.8 Å². The van der Waals surface area contributed by atoms with Crippen LogP contribution in [0, 0.1) is 10.1 Å². The van der Waals surface area contributed by atoms with Crippen LogP contribution in [0.15, 0.2) is 34.3 Å². The molecule has 0 bridgehead atoms. The SMILES string of the molecule is O=[N+]([O-])c1cnn(Cc2nnc(-c3cccs3)o2)c1. The maximum Gasteiger partial charge on any atom is 0.307 e. The molecule has 3 aromatic heterocycles. The summed E-state index contributed by atoms with van der Waals surface area (Å²) in [6.45, 7) is 0.201. The first-order chi connectivity index (χ1) is 9.22. The second-order valence-corrected chi connectivity index (χ2v) is 4.58. The van der Waals surface area contributed by atoms with E-state index in [-0.39, 0.29) is 12.2 Å². The third-order valence-electron chi connectivity index (χ3n) is 2.33. The molecule has 0 fully saturated rings. The van der Waals surface area contributed by atoms with E-state index >= 15 is 0 Å². The van der Waals surface area contributed by atoms with Crippen LogP contribution in [-0.2, 0) is 6.54 Å². The predicted molar refractivity (Wildman–Crippen MR) is 65.6 cm³/mol. The number of rotatable bonds is 4. The smallest absolute Gasteiger partial charge is 0.307 e. The van der Waals surface area contributed by atoms with E-state index in [0.29, 0.717) is 11.8 Å². The number of thiophene rings is 1. The highest BCUT2D eigenvalue weighted by atomic mass is 32.1. The van der Waals surface area contributed by atoms with Gasteiger partial charge in [-0.3, -0.25) is 14.8 Å². The van der Waals surface area contributed by atoms with Gasteiger partial charge in [-0.25, -0.2) is 0 Å². The van der Waals surface area contributed by atoms with Gasteiger partial charge in [-0.05, 0) is 11.4 Å². The molecule has 0 spiro atoms. The molecular weight excluding hydrogens is 270 g/mol. The molecule has 3 heterocycles. The first-order valence-corrected chi connectivity index (χ1v) is 6.13. The summed E-state index contributed by atoms with van der Waals surface area (Å²) in [4.78, 5) is 10.9. The van der Waals surface area contributed by atoms with Crippen molar-refractivity contribution in [2.75, 3.05) is 0 Å². The lowest BCUT2D eigenvalue weighted by Crippen LogP contribution is -2.00. The molecule has 0 saturated carbocycles. The quantitative estimate of drug-likeness (QED) is 0.533. The molecule has 0 N–H and O–H groups in total. The first-order valence-electron chi connectivity index (χ1n) is 5.25. The van der Waals surface area contributed by atoms with Crippen LogP contribution in [0.4, 0.5) is 5.69 Å². The molecule has 0 saturated heterocycles. The van der Waals surface area contributed by atoms with E-state index in [2.05, 4.69) is 15.3 Å². The molecule has 3 aromatic rings. The summed E-state index contributed by atoms with van der Waals surface area (Å²) in [6, 6.07) is 3.77. The summed E-state index contributed by atoms with van der Waals surface area (Å²) >= 11 is 1.50. The van der Waals surface area contributed by atoms with Crippen molar-refractivity contribution in [3.63, 3.8) is 0 Å². The van der Waals surface area contributed by atoms with Crippen LogP contribution in [0.1, 0.15) is 5.89 Å². The molecule has 19 heavy (non-hydrogen) atoms. The second kappa shape index (κ2) is 4.61. The maximum absolute atomic E-state index is 10.5. The van der Waals surface area contributed by atoms with Crippen molar-refractivity contribution in [3.05, 3.63) is 45.9 Å². The summed E-state index contributed by atoms with van der Waals surface area (Å²) in [5, 5.41) is 24.1. The lowest BCUT2D eigenvalue weighted by atomic mass is 10.5. The molecule has 8 nitrogen and oxygen atoms in total. The van der Waals surface area contributed by atoms with Crippen LogP contribution in [0.2, 0.25) is 0 Å². The Morgan fingerprint density at radius 3 is 3.05 bits per heavy atom. The van der Waals surface area contributed by atoms with E-state index in [4.69, 9.17) is 4.42 Å². The van der Waals surface area contributed by atoms with Crippen LogP contribution in [-0.4, -0.2) is 24.9 Å². The highest BCUT2D eigenvalue weighted by molar-refractivity contribution is 7.13. The Hall–Kier alpha value is -2.55. The van der Waals surface area contributed by atoms with Crippen molar-refractivity contribution in [1.29, 1.82) is 0 Å². The molecular formula is C10H7N5O3S. The molecule has 0 aliphatic carbocycles. The lowest BCUT2D eigenvalue weighted by Gasteiger charge is -1.93. The normalized spacial score (nSPS) is 10.7. The zero-order valence-electron chi connectivity index (χ0n) is 9.46. The lowest BCUT2D eigenvalue weighted by molar-refractivity contribution is -0.385. The van der Waals surface area contributed by atoms with Crippen molar-refractivity contribution in [2.45, 2.75) is 6.54 Å². The van der Waals surface area contributed by atoms with E-state index in [0.717, 1.165) is 4.88 Å². The van der Waals surface area contributed by atoms with Crippen molar-refractivity contribution in [3.8, 4) is 10.8 Å². The number of nitrogens with zero attached hydrogens (tertiary/aromatic N) is 5. The van der Waals surface area contributed by atoms with Gasteiger partial charge in [-0.2, -0.15) is 5.10 Å². The van der Waals surface area contributed by atoms with Crippen LogP contribution >= 0.6 is 11.3 Å². The zero-order chi connectivity index (χ0) is 13.2. The Morgan fingerprint density at radius 1 is 1.47 bits per heavy atom. The molecule has 0 aliphatic rings. The fourth-order valence-electron chi connectivity index (χ4n) is 1.49. The van der Waals surface area contributed by atoms with E-state index in [1.165, 1.54) is 28.4 Å². The van der Waals surface area contributed by atoms with Gasteiger partial charge < -0.3 is 4.42 Å². The largest absolute Gasteiger partial charge is 0.418 e. The van der Waals surface area contributed by atoms with Crippen molar-refractivity contribution in [2.24, 2.45) is 0 Å². The van der Waals surface area contributed by atoms with Crippen molar-refractivity contribution < 1.29 is 9.34 Å². The standard InChI is InChI=1S/C10H7N5O3S/c16-15(17)7-4-11-14(5-7)6-9-12-13-10(18-9)8-2-1-3-19-8/h1-5H,6H2. The average molecular weight is 277 g/mol. The minimum atomic E-state index is -0.506. The van der Waals surface area contributed by atoms with Gasteiger partial charge in [0.2, 0.25) is 5.89 Å². The van der Waals surface area contributed by atoms with Gasteiger partial charge in [0.1, 0.15) is 18.9 Å². The summed E-state index contributed by atoms with van der Waals surface area (Å²) in [6.07, 6.45) is 2.49. The van der Waals surface area contributed by atoms with E-state index < -0.39 is 4.92 Å². The minimum absolute atomic E-state index is 0.0713. The number of aromatic nitrogens is 4. The van der Waals surface area contributed by atoms with Gasteiger partial charge in [0.25, 0.3) is 5.89 Å². The Kier molecular flexibility index (Phi) is 2.80. The van der Waals surface area contributed by atoms with Gasteiger partial charge >= 0.3 is 5.69 Å². The molecule has 0 radical (unpaired) electrons. The molecule has 96 valence electrons. The summed E-state index contributed by atoms with van der Waals surface area (Å²) in [5.41, 5.74) is -0.0713. The van der Waals surface area contributed by atoms with Crippen molar-refractivity contribution >= 4 is 17.0 Å². The number of hydrogen-bond acceptors (Lipinski definition) is 7. The van der Waals surface area contributed by atoms with E-state index in [9.17, 15) is 10.1 Å². The fourth-order valence-corrected chi connectivity index (χ4v) is 2.13. The first kappa shape index (κ1) is 11.5. The Bertz CT molecular complexity index is 702. The zero-order valence-corrected chi connectivity index (χ0v) is 10.3. The van der Waals surface area contributed by atoms with Crippen molar-refractivity contribution in [1.82, 2.24) is 20.0 Å². The molecule has 0 aromatic carbocycles. The minimum Gasteiger partial charge on any atom is -0.418 e. The molecule has 0 atom stereocenters. The Labute approximate surface area is 110 Å². The van der Waals surface area contributed by atoms with Gasteiger partial charge in [-0.1, -0.05) is 6.07 Å². The Balaban J connectivity index is 1.78. The number of nitro groups is 1. The molecule has 0 unspecified atom stereocenters. The highest BCUT2D eigenvalue weighted by Gasteiger charge is 2.13. The van der Waals surface area contributed by atoms with Crippen LogP contribution in [0.5, 0.6) is 0 Å².